The number of allylic oxidation sites excluding steroid dienone is 1. The van der Waals surface area contributed by atoms with Crippen molar-refractivity contribution in [1.82, 2.24) is 14.9 Å². The van der Waals surface area contributed by atoms with Gasteiger partial charge in [0, 0.05) is 17.0 Å². The standard InChI is InChI=1S/C19H25N3O2S2/c1-6-10-22-17(24)14-12-8-7-9-13(12)26-16(14)20-18(22)25-11(2)15(23)21-19(3,4)5/h6,11H,1,7-10H2,2-5H3,(H,21,23)/t11-/m0/s1. The zero-order valence-electron chi connectivity index (χ0n) is 15.7. The first kappa shape index (κ1) is 19.2. The van der Waals surface area contributed by atoms with Gasteiger partial charge in [-0.1, -0.05) is 17.8 Å². The van der Waals surface area contributed by atoms with E-state index < -0.39 is 0 Å². The van der Waals surface area contributed by atoms with E-state index in [9.17, 15) is 9.59 Å². The van der Waals surface area contributed by atoms with E-state index in [4.69, 9.17) is 4.98 Å². The summed E-state index contributed by atoms with van der Waals surface area (Å²) in [5.41, 5.74) is 0.870. The van der Waals surface area contributed by atoms with Gasteiger partial charge in [0.25, 0.3) is 5.56 Å². The van der Waals surface area contributed by atoms with E-state index >= 15 is 0 Å². The lowest BCUT2D eigenvalue weighted by atomic mass is 10.1. The second-order valence-corrected chi connectivity index (χ2v) is 10.0. The lowest BCUT2D eigenvalue weighted by molar-refractivity contribution is -0.121. The molecule has 0 radical (unpaired) electrons. The van der Waals surface area contributed by atoms with Crippen LogP contribution in [0.3, 0.4) is 0 Å². The molecule has 140 valence electrons. The van der Waals surface area contributed by atoms with Gasteiger partial charge in [-0.25, -0.2) is 4.98 Å². The summed E-state index contributed by atoms with van der Waals surface area (Å²) in [6.07, 6.45) is 4.80. The highest BCUT2D eigenvalue weighted by Crippen LogP contribution is 2.36. The van der Waals surface area contributed by atoms with Crippen molar-refractivity contribution in [3.8, 4) is 0 Å². The molecule has 1 N–H and O–H groups in total. The minimum atomic E-state index is -0.346. The lowest BCUT2D eigenvalue weighted by Gasteiger charge is -2.23. The number of rotatable bonds is 5. The highest BCUT2D eigenvalue weighted by atomic mass is 32.2. The molecule has 2 aromatic heterocycles. The van der Waals surface area contributed by atoms with Gasteiger partial charge in [-0.05, 0) is 52.5 Å². The zero-order valence-corrected chi connectivity index (χ0v) is 17.4. The molecule has 0 aliphatic heterocycles. The van der Waals surface area contributed by atoms with Crippen LogP contribution in [0.25, 0.3) is 10.2 Å². The second-order valence-electron chi connectivity index (χ2n) is 7.64. The lowest BCUT2D eigenvalue weighted by Crippen LogP contribution is -2.44. The van der Waals surface area contributed by atoms with Gasteiger partial charge in [-0.15, -0.1) is 17.9 Å². The molecule has 2 aromatic rings. The number of amides is 1. The average Bonchev–Trinajstić information content (AvgIpc) is 3.09. The molecule has 2 heterocycles. The molecule has 3 rings (SSSR count). The predicted octanol–water partition coefficient (Wildman–Crippen LogP) is 3.53. The van der Waals surface area contributed by atoms with E-state index in [1.165, 1.54) is 22.2 Å². The molecule has 0 bridgehead atoms. The molecule has 5 nitrogen and oxygen atoms in total. The molecule has 1 atom stereocenters. The average molecular weight is 392 g/mol. The minimum Gasteiger partial charge on any atom is -0.351 e. The van der Waals surface area contributed by atoms with Crippen LogP contribution >= 0.6 is 23.1 Å². The number of thioether (sulfide) groups is 1. The van der Waals surface area contributed by atoms with Crippen molar-refractivity contribution in [2.75, 3.05) is 0 Å². The summed E-state index contributed by atoms with van der Waals surface area (Å²) < 4.78 is 1.65. The third kappa shape index (κ3) is 3.74. The fraction of sp³-hybridized carbons (Fsp3) is 0.526. The van der Waals surface area contributed by atoms with E-state index in [1.807, 2.05) is 27.7 Å². The Hall–Kier alpha value is -1.60. The number of thiophene rings is 1. The minimum absolute atomic E-state index is 0.0137. The molecule has 0 aromatic carbocycles. The normalized spacial score (nSPS) is 15.1. The topological polar surface area (TPSA) is 64.0 Å². The maximum absolute atomic E-state index is 13.1. The number of hydrogen-bond acceptors (Lipinski definition) is 5. The fourth-order valence-electron chi connectivity index (χ4n) is 3.12. The predicted molar refractivity (Wildman–Crippen MR) is 109 cm³/mol. The number of nitrogens with one attached hydrogen (secondary N) is 1. The van der Waals surface area contributed by atoms with Crippen molar-refractivity contribution >= 4 is 39.2 Å². The Bertz CT molecular complexity index is 921. The summed E-state index contributed by atoms with van der Waals surface area (Å²) >= 11 is 2.95. The van der Waals surface area contributed by atoms with Crippen molar-refractivity contribution in [3.63, 3.8) is 0 Å². The van der Waals surface area contributed by atoms with Gasteiger partial charge in [0.05, 0.1) is 10.6 Å². The largest absolute Gasteiger partial charge is 0.351 e. The van der Waals surface area contributed by atoms with Crippen LogP contribution in [0.2, 0.25) is 0 Å². The molecule has 0 fully saturated rings. The van der Waals surface area contributed by atoms with Crippen molar-refractivity contribution in [2.45, 2.75) is 69.4 Å². The van der Waals surface area contributed by atoms with Gasteiger partial charge >= 0.3 is 0 Å². The van der Waals surface area contributed by atoms with Gasteiger partial charge in [-0.3, -0.25) is 14.2 Å². The Morgan fingerprint density at radius 3 is 2.85 bits per heavy atom. The third-order valence-corrected chi connectivity index (χ3v) is 6.53. The second kappa shape index (κ2) is 7.19. The van der Waals surface area contributed by atoms with E-state index in [2.05, 4.69) is 11.9 Å². The molecular weight excluding hydrogens is 366 g/mol. The number of aryl methyl sites for hydroxylation is 2. The van der Waals surface area contributed by atoms with Crippen molar-refractivity contribution < 1.29 is 4.79 Å². The Morgan fingerprint density at radius 2 is 2.19 bits per heavy atom. The van der Waals surface area contributed by atoms with Crippen LogP contribution in [0, 0.1) is 0 Å². The van der Waals surface area contributed by atoms with Crippen LogP contribution < -0.4 is 10.9 Å². The Morgan fingerprint density at radius 1 is 1.46 bits per heavy atom. The summed E-state index contributed by atoms with van der Waals surface area (Å²) in [6.45, 7) is 11.9. The molecule has 1 aliphatic carbocycles. The first-order chi connectivity index (χ1) is 12.2. The monoisotopic (exact) mass is 391 g/mol. The Balaban J connectivity index is 2.00. The zero-order chi connectivity index (χ0) is 19.1. The number of aromatic nitrogens is 2. The Labute approximate surface area is 161 Å². The number of fused-ring (bicyclic) bond motifs is 3. The summed E-state index contributed by atoms with van der Waals surface area (Å²) in [4.78, 5) is 32.4. The molecule has 0 spiro atoms. The van der Waals surface area contributed by atoms with Crippen LogP contribution in [0.5, 0.6) is 0 Å². The highest BCUT2D eigenvalue weighted by molar-refractivity contribution is 8.00. The summed E-state index contributed by atoms with van der Waals surface area (Å²) in [5.74, 6) is -0.0596. The summed E-state index contributed by atoms with van der Waals surface area (Å²) in [7, 11) is 0. The van der Waals surface area contributed by atoms with Gasteiger partial charge in [0.2, 0.25) is 5.91 Å². The fourth-order valence-corrected chi connectivity index (χ4v) is 5.34. The molecule has 0 saturated heterocycles. The third-order valence-electron chi connectivity index (χ3n) is 4.25. The van der Waals surface area contributed by atoms with Crippen LogP contribution in [0.1, 0.15) is 44.6 Å². The summed E-state index contributed by atoms with van der Waals surface area (Å²) in [6, 6.07) is 0. The quantitative estimate of drug-likeness (QED) is 0.481. The van der Waals surface area contributed by atoms with Gasteiger partial charge in [-0.2, -0.15) is 0 Å². The van der Waals surface area contributed by atoms with Crippen molar-refractivity contribution in [1.29, 1.82) is 0 Å². The van der Waals surface area contributed by atoms with Gasteiger partial charge in [0.1, 0.15) is 4.83 Å². The van der Waals surface area contributed by atoms with E-state index in [1.54, 1.807) is 22.0 Å². The summed E-state index contributed by atoms with van der Waals surface area (Å²) in [5, 5.41) is 3.98. The molecular formula is C19H25N3O2S2. The maximum Gasteiger partial charge on any atom is 0.263 e. The maximum atomic E-state index is 13.1. The number of nitrogens with zero attached hydrogens (tertiary/aromatic N) is 2. The first-order valence-electron chi connectivity index (χ1n) is 8.86. The smallest absolute Gasteiger partial charge is 0.263 e. The van der Waals surface area contributed by atoms with Crippen LogP contribution in [-0.4, -0.2) is 26.2 Å². The SMILES string of the molecule is C=CCn1c(S[C@@H](C)C(=O)NC(C)(C)C)nc2sc3c(c2c1=O)CCC3. The number of hydrogen-bond donors (Lipinski definition) is 1. The molecule has 0 saturated carbocycles. The van der Waals surface area contributed by atoms with Gasteiger partial charge < -0.3 is 5.32 Å². The van der Waals surface area contributed by atoms with Crippen molar-refractivity contribution in [3.05, 3.63) is 33.4 Å². The molecule has 1 amide bonds. The van der Waals surface area contributed by atoms with E-state index in [0.717, 1.165) is 29.5 Å². The van der Waals surface area contributed by atoms with Crippen LogP contribution in [0.4, 0.5) is 0 Å². The van der Waals surface area contributed by atoms with Crippen LogP contribution in [-0.2, 0) is 24.2 Å². The van der Waals surface area contributed by atoms with E-state index in [0.29, 0.717) is 11.7 Å². The first-order valence-corrected chi connectivity index (χ1v) is 10.6. The molecule has 1 aliphatic rings. The number of carbonyl (C=O) groups excluding carboxylic acids is 1. The molecule has 7 heteroatoms. The molecule has 26 heavy (non-hydrogen) atoms. The highest BCUT2D eigenvalue weighted by Gasteiger charge is 2.26. The molecule has 0 unspecified atom stereocenters. The number of carbonyl (C=O) groups is 1. The van der Waals surface area contributed by atoms with Gasteiger partial charge in [0.15, 0.2) is 5.16 Å². The van der Waals surface area contributed by atoms with Crippen LogP contribution in [0.15, 0.2) is 22.6 Å². The Kier molecular flexibility index (Phi) is 5.30. The van der Waals surface area contributed by atoms with Crippen molar-refractivity contribution in [2.24, 2.45) is 0 Å². The van der Waals surface area contributed by atoms with E-state index in [-0.39, 0.29) is 22.3 Å².